The van der Waals surface area contributed by atoms with E-state index in [9.17, 15) is 14.7 Å². The number of aliphatic hydroxyl groups is 1. The molecule has 2 aromatic carbocycles. The predicted octanol–water partition coefficient (Wildman–Crippen LogP) is 2.67. The molecule has 0 bridgehead atoms. The normalized spacial score (nSPS) is 15.2. The number of imide groups is 1. The Bertz CT molecular complexity index is 694. The highest BCUT2D eigenvalue weighted by atomic mass is 35.5. The van der Waals surface area contributed by atoms with Crippen LogP contribution in [0, 0.1) is 0 Å². The fourth-order valence-corrected chi connectivity index (χ4v) is 2.60. The molecule has 0 aliphatic carbocycles. The van der Waals surface area contributed by atoms with Crippen LogP contribution in [0.3, 0.4) is 0 Å². The zero-order valence-electron chi connectivity index (χ0n) is 11.0. The molecule has 5 heteroatoms. The number of fused-ring (bicyclic) bond motifs is 1. The van der Waals surface area contributed by atoms with Gasteiger partial charge in [0, 0.05) is 5.02 Å². The maximum absolute atomic E-state index is 12.2. The van der Waals surface area contributed by atoms with Gasteiger partial charge in [-0.05, 0) is 29.8 Å². The maximum Gasteiger partial charge on any atom is 0.261 e. The lowest BCUT2D eigenvalue weighted by Crippen LogP contribution is -2.33. The largest absolute Gasteiger partial charge is 0.387 e. The highest BCUT2D eigenvalue weighted by molar-refractivity contribution is 6.30. The zero-order chi connectivity index (χ0) is 15.0. The van der Waals surface area contributed by atoms with Gasteiger partial charge in [-0.1, -0.05) is 35.9 Å². The summed E-state index contributed by atoms with van der Waals surface area (Å²) in [5.41, 5.74) is 1.32. The van der Waals surface area contributed by atoms with E-state index >= 15 is 0 Å². The molecule has 1 N–H and O–H groups in total. The average Bonchev–Trinajstić information content (AvgIpc) is 2.73. The van der Waals surface area contributed by atoms with Crippen LogP contribution in [0.25, 0.3) is 0 Å². The molecule has 4 nitrogen and oxygen atoms in total. The van der Waals surface area contributed by atoms with E-state index in [0.717, 1.165) is 4.90 Å². The van der Waals surface area contributed by atoms with Crippen LogP contribution in [-0.2, 0) is 0 Å². The maximum atomic E-state index is 12.2. The topological polar surface area (TPSA) is 57.6 Å². The Morgan fingerprint density at radius 1 is 1.00 bits per heavy atom. The predicted molar refractivity (Wildman–Crippen MR) is 78.2 cm³/mol. The van der Waals surface area contributed by atoms with E-state index in [1.165, 1.54) is 0 Å². The second-order valence-corrected chi connectivity index (χ2v) is 5.27. The highest BCUT2D eigenvalue weighted by Gasteiger charge is 2.36. The van der Waals surface area contributed by atoms with E-state index in [-0.39, 0.29) is 18.4 Å². The summed E-state index contributed by atoms with van der Waals surface area (Å²) in [5.74, 6) is -0.756. The standard InChI is InChI=1S/C16H12ClNO3/c17-11-5-3-4-10(8-11)14(19)9-18-15(20)12-6-1-2-7-13(12)16(18)21/h1-8,14,19H,9H2. The van der Waals surface area contributed by atoms with Gasteiger partial charge >= 0.3 is 0 Å². The number of nitrogens with zero attached hydrogens (tertiary/aromatic N) is 1. The van der Waals surface area contributed by atoms with Gasteiger partial charge in [-0.2, -0.15) is 0 Å². The number of rotatable bonds is 3. The van der Waals surface area contributed by atoms with E-state index < -0.39 is 6.10 Å². The Morgan fingerprint density at radius 2 is 1.62 bits per heavy atom. The summed E-state index contributed by atoms with van der Waals surface area (Å²) < 4.78 is 0. The van der Waals surface area contributed by atoms with Crippen LogP contribution in [0.4, 0.5) is 0 Å². The summed E-state index contributed by atoms with van der Waals surface area (Å²) in [6.45, 7) is -0.0906. The molecule has 0 aromatic heterocycles. The summed E-state index contributed by atoms with van der Waals surface area (Å²) in [5, 5.41) is 10.7. The lowest BCUT2D eigenvalue weighted by atomic mass is 10.1. The number of hydrogen-bond donors (Lipinski definition) is 1. The average molecular weight is 302 g/mol. The number of carbonyl (C=O) groups excluding carboxylic acids is 2. The van der Waals surface area contributed by atoms with Crippen molar-refractivity contribution in [2.24, 2.45) is 0 Å². The molecule has 2 amide bonds. The quantitative estimate of drug-likeness (QED) is 0.887. The van der Waals surface area contributed by atoms with Crippen molar-refractivity contribution in [3.63, 3.8) is 0 Å². The summed E-state index contributed by atoms with van der Waals surface area (Å²) in [7, 11) is 0. The molecule has 2 aromatic rings. The Balaban J connectivity index is 1.84. The molecule has 0 saturated heterocycles. The SMILES string of the molecule is O=C1c2ccccc2C(=O)N1CC(O)c1cccc(Cl)c1. The number of benzene rings is 2. The first-order valence-electron chi connectivity index (χ1n) is 6.46. The van der Waals surface area contributed by atoms with Crippen molar-refractivity contribution in [2.45, 2.75) is 6.10 Å². The van der Waals surface area contributed by atoms with E-state index in [1.807, 2.05) is 0 Å². The van der Waals surface area contributed by atoms with Crippen molar-refractivity contribution < 1.29 is 14.7 Å². The molecular formula is C16H12ClNO3. The number of carbonyl (C=O) groups is 2. The second kappa shape index (κ2) is 5.31. The van der Waals surface area contributed by atoms with Gasteiger partial charge in [0.05, 0.1) is 23.8 Å². The smallest absolute Gasteiger partial charge is 0.261 e. The van der Waals surface area contributed by atoms with Crippen molar-refractivity contribution in [3.8, 4) is 0 Å². The van der Waals surface area contributed by atoms with Crippen LogP contribution in [-0.4, -0.2) is 28.4 Å². The lowest BCUT2D eigenvalue weighted by molar-refractivity contribution is 0.0543. The van der Waals surface area contributed by atoms with Crippen LogP contribution in [0.15, 0.2) is 48.5 Å². The Kier molecular flexibility index (Phi) is 3.49. The van der Waals surface area contributed by atoms with Crippen molar-refractivity contribution in [1.29, 1.82) is 0 Å². The minimum atomic E-state index is -0.967. The minimum absolute atomic E-state index is 0.0906. The van der Waals surface area contributed by atoms with Gasteiger partial charge in [-0.25, -0.2) is 0 Å². The third kappa shape index (κ3) is 2.44. The van der Waals surface area contributed by atoms with Crippen molar-refractivity contribution >= 4 is 23.4 Å². The Hall–Kier alpha value is -2.17. The molecule has 1 atom stereocenters. The minimum Gasteiger partial charge on any atom is -0.387 e. The molecule has 1 unspecified atom stereocenters. The Morgan fingerprint density at radius 3 is 2.19 bits per heavy atom. The van der Waals surface area contributed by atoms with Crippen LogP contribution >= 0.6 is 11.6 Å². The number of aliphatic hydroxyl groups excluding tert-OH is 1. The second-order valence-electron chi connectivity index (χ2n) is 4.84. The third-order valence-electron chi connectivity index (χ3n) is 3.47. The summed E-state index contributed by atoms with van der Waals surface area (Å²) >= 11 is 5.88. The van der Waals surface area contributed by atoms with Crippen molar-refractivity contribution in [3.05, 3.63) is 70.2 Å². The first-order chi connectivity index (χ1) is 10.1. The van der Waals surface area contributed by atoms with E-state index in [2.05, 4.69) is 0 Å². The van der Waals surface area contributed by atoms with Gasteiger partial charge in [0.25, 0.3) is 11.8 Å². The summed E-state index contributed by atoms with van der Waals surface area (Å²) in [6, 6.07) is 13.4. The Labute approximate surface area is 126 Å². The van der Waals surface area contributed by atoms with E-state index in [4.69, 9.17) is 11.6 Å². The van der Waals surface area contributed by atoms with Gasteiger partial charge in [0.15, 0.2) is 0 Å². The van der Waals surface area contributed by atoms with Crippen molar-refractivity contribution in [1.82, 2.24) is 4.90 Å². The van der Waals surface area contributed by atoms with Crippen LogP contribution in [0.5, 0.6) is 0 Å². The first-order valence-corrected chi connectivity index (χ1v) is 6.84. The molecule has 3 rings (SSSR count). The van der Waals surface area contributed by atoms with Gasteiger partial charge in [-0.3, -0.25) is 14.5 Å². The monoisotopic (exact) mass is 301 g/mol. The van der Waals surface area contributed by atoms with Crippen LogP contribution < -0.4 is 0 Å². The van der Waals surface area contributed by atoms with Gasteiger partial charge in [0.1, 0.15) is 0 Å². The first kappa shape index (κ1) is 13.8. The molecule has 21 heavy (non-hydrogen) atoms. The summed E-state index contributed by atoms with van der Waals surface area (Å²) in [6.07, 6.45) is -0.967. The van der Waals surface area contributed by atoms with E-state index in [1.54, 1.807) is 48.5 Å². The fourth-order valence-electron chi connectivity index (χ4n) is 2.40. The zero-order valence-corrected chi connectivity index (χ0v) is 11.7. The highest BCUT2D eigenvalue weighted by Crippen LogP contribution is 2.26. The van der Waals surface area contributed by atoms with Gasteiger partial charge in [-0.15, -0.1) is 0 Å². The molecule has 1 heterocycles. The molecular weight excluding hydrogens is 290 g/mol. The number of hydrogen-bond acceptors (Lipinski definition) is 3. The summed E-state index contributed by atoms with van der Waals surface area (Å²) in [4.78, 5) is 25.5. The molecule has 1 aliphatic heterocycles. The number of β-amino-alcohol motifs (C(OH)–C–C–N with tert-alkyl or cyclic N) is 1. The van der Waals surface area contributed by atoms with Crippen LogP contribution in [0.1, 0.15) is 32.4 Å². The number of amides is 2. The lowest BCUT2D eigenvalue weighted by Gasteiger charge is -2.18. The number of halogens is 1. The third-order valence-corrected chi connectivity index (χ3v) is 3.70. The molecule has 106 valence electrons. The van der Waals surface area contributed by atoms with Gasteiger partial charge in [0.2, 0.25) is 0 Å². The van der Waals surface area contributed by atoms with E-state index in [0.29, 0.717) is 21.7 Å². The van der Waals surface area contributed by atoms with Crippen LogP contribution in [0.2, 0.25) is 5.02 Å². The molecule has 0 spiro atoms. The molecule has 0 saturated carbocycles. The van der Waals surface area contributed by atoms with Crippen molar-refractivity contribution in [2.75, 3.05) is 6.54 Å². The molecule has 0 fully saturated rings. The molecule has 1 aliphatic rings. The molecule has 0 radical (unpaired) electrons. The van der Waals surface area contributed by atoms with Gasteiger partial charge < -0.3 is 5.11 Å². The fraction of sp³-hybridized carbons (Fsp3) is 0.125.